The largest absolute Gasteiger partial charge is 0.490 e. The summed E-state index contributed by atoms with van der Waals surface area (Å²) in [5.74, 6) is 0.874. The smallest absolute Gasteiger partial charge is 0.119 e. The second kappa shape index (κ2) is 9.07. The van der Waals surface area contributed by atoms with Crippen molar-refractivity contribution < 1.29 is 4.74 Å². The fraction of sp³-hybridized carbons (Fsp3) is 0.316. The van der Waals surface area contributed by atoms with Crippen molar-refractivity contribution in [2.45, 2.75) is 32.6 Å². The van der Waals surface area contributed by atoms with Crippen molar-refractivity contribution in [1.82, 2.24) is 0 Å². The van der Waals surface area contributed by atoms with E-state index in [1.165, 1.54) is 30.6 Å². The van der Waals surface area contributed by atoms with Crippen molar-refractivity contribution in [3.05, 3.63) is 53.4 Å². The molecule has 0 saturated heterocycles. The molecule has 0 N–H and O–H groups in total. The van der Waals surface area contributed by atoms with Crippen LogP contribution < -0.4 is 4.74 Å². The first kappa shape index (κ1) is 16.3. The third-order valence-corrected chi connectivity index (χ3v) is 4.38. The van der Waals surface area contributed by atoms with Crippen LogP contribution in [0, 0.1) is 11.3 Å². The highest BCUT2D eigenvalue weighted by molar-refractivity contribution is 7.16. The molecule has 2 nitrogen and oxygen atoms in total. The first-order valence-corrected chi connectivity index (χ1v) is 8.53. The van der Waals surface area contributed by atoms with E-state index in [0.29, 0.717) is 6.61 Å². The highest BCUT2D eigenvalue weighted by Gasteiger charge is 2.02. The summed E-state index contributed by atoms with van der Waals surface area (Å²) in [5.41, 5.74) is 1.12. The van der Waals surface area contributed by atoms with E-state index < -0.39 is 0 Å². The van der Waals surface area contributed by atoms with E-state index in [0.717, 1.165) is 27.5 Å². The Morgan fingerprint density at radius 3 is 2.59 bits per heavy atom. The maximum atomic E-state index is 8.86. The summed E-state index contributed by atoms with van der Waals surface area (Å²) >= 11 is 1.51. The molecule has 0 aliphatic carbocycles. The van der Waals surface area contributed by atoms with Crippen molar-refractivity contribution in [2.75, 3.05) is 6.61 Å². The topological polar surface area (TPSA) is 33.0 Å². The van der Waals surface area contributed by atoms with Crippen molar-refractivity contribution in [3.63, 3.8) is 0 Å². The van der Waals surface area contributed by atoms with Gasteiger partial charge in [-0.2, -0.15) is 5.26 Å². The summed E-state index contributed by atoms with van der Waals surface area (Å²) in [6.45, 7) is 2.83. The molecule has 22 heavy (non-hydrogen) atoms. The molecule has 0 saturated carbocycles. The Kier molecular flexibility index (Phi) is 6.73. The van der Waals surface area contributed by atoms with Crippen LogP contribution in [0.3, 0.4) is 0 Å². The van der Waals surface area contributed by atoms with Crippen LogP contribution in [0.25, 0.3) is 10.4 Å². The summed E-state index contributed by atoms with van der Waals surface area (Å²) in [6.07, 6.45) is 9.23. The molecule has 1 heterocycles. The molecule has 2 rings (SSSR count). The highest BCUT2D eigenvalue weighted by Crippen LogP contribution is 2.29. The van der Waals surface area contributed by atoms with E-state index in [-0.39, 0.29) is 0 Å². The van der Waals surface area contributed by atoms with Gasteiger partial charge in [0.2, 0.25) is 0 Å². The zero-order valence-corrected chi connectivity index (χ0v) is 13.7. The molecule has 0 bridgehead atoms. The lowest BCUT2D eigenvalue weighted by molar-refractivity contribution is 0.362. The molecular weight excluding hydrogens is 290 g/mol. The van der Waals surface area contributed by atoms with Crippen LogP contribution in [0.5, 0.6) is 5.75 Å². The van der Waals surface area contributed by atoms with Gasteiger partial charge >= 0.3 is 0 Å². The number of unbranched alkanes of at least 4 members (excludes halogenated alkanes) is 3. The van der Waals surface area contributed by atoms with Crippen LogP contribution in [0.2, 0.25) is 0 Å². The minimum Gasteiger partial charge on any atom is -0.490 e. The summed E-state index contributed by atoms with van der Waals surface area (Å²) < 4.78 is 5.69. The van der Waals surface area contributed by atoms with E-state index in [9.17, 15) is 0 Å². The normalized spacial score (nSPS) is 10.7. The minimum absolute atomic E-state index is 0.614. The van der Waals surface area contributed by atoms with Gasteiger partial charge in [-0.1, -0.05) is 31.9 Å². The molecule has 114 valence electrons. The lowest BCUT2D eigenvalue weighted by atomic mass is 10.2. The molecule has 1 aromatic carbocycles. The number of allylic oxidation sites excluding steroid dienone is 1. The Hall–Kier alpha value is -2.05. The highest BCUT2D eigenvalue weighted by atomic mass is 32.1. The average Bonchev–Trinajstić information content (AvgIpc) is 3.04. The lowest BCUT2D eigenvalue weighted by Crippen LogP contribution is -1.92. The molecule has 0 fully saturated rings. The Morgan fingerprint density at radius 2 is 1.91 bits per heavy atom. The minimum atomic E-state index is 0.614. The van der Waals surface area contributed by atoms with Crippen LogP contribution in [0.4, 0.5) is 0 Å². The third kappa shape index (κ3) is 5.05. The number of thiophene rings is 1. The number of nitriles is 1. The zero-order valence-electron chi connectivity index (χ0n) is 12.9. The predicted molar refractivity (Wildman–Crippen MR) is 93.2 cm³/mol. The van der Waals surface area contributed by atoms with Crippen molar-refractivity contribution in [1.29, 1.82) is 5.26 Å². The average molecular weight is 311 g/mol. The molecular formula is C19H21NOS. The quantitative estimate of drug-likeness (QED) is 0.456. The van der Waals surface area contributed by atoms with Gasteiger partial charge in [0.25, 0.3) is 0 Å². The van der Waals surface area contributed by atoms with E-state index in [1.54, 1.807) is 0 Å². The Bertz CT molecular complexity index is 634. The first-order valence-electron chi connectivity index (χ1n) is 7.71. The fourth-order valence-corrected chi connectivity index (χ4v) is 2.92. The van der Waals surface area contributed by atoms with Crippen LogP contribution in [-0.4, -0.2) is 6.61 Å². The molecule has 0 amide bonds. The summed E-state index contributed by atoms with van der Waals surface area (Å²) in [5, 5.41) is 8.86. The van der Waals surface area contributed by atoms with Gasteiger partial charge in [-0.15, -0.1) is 11.3 Å². The Labute approximate surface area is 136 Å². The maximum Gasteiger partial charge on any atom is 0.119 e. The van der Waals surface area contributed by atoms with Gasteiger partial charge in [-0.3, -0.25) is 0 Å². The molecule has 1 aromatic heterocycles. The van der Waals surface area contributed by atoms with Gasteiger partial charge in [-0.05, 0) is 54.8 Å². The van der Waals surface area contributed by atoms with Crippen molar-refractivity contribution in [2.24, 2.45) is 0 Å². The van der Waals surface area contributed by atoms with Crippen molar-refractivity contribution >= 4 is 11.3 Å². The van der Waals surface area contributed by atoms with E-state index in [4.69, 9.17) is 10.00 Å². The van der Waals surface area contributed by atoms with E-state index >= 15 is 0 Å². The monoisotopic (exact) mass is 311 g/mol. The molecule has 3 heteroatoms. The van der Waals surface area contributed by atoms with E-state index in [1.807, 2.05) is 36.4 Å². The number of rotatable bonds is 8. The Balaban J connectivity index is 1.81. The summed E-state index contributed by atoms with van der Waals surface area (Å²) in [4.78, 5) is 1.85. The van der Waals surface area contributed by atoms with Gasteiger partial charge in [0.05, 0.1) is 0 Å². The molecule has 0 radical (unpaired) electrons. The number of hydrogen-bond donors (Lipinski definition) is 0. The molecule has 0 spiro atoms. The number of benzene rings is 1. The van der Waals surface area contributed by atoms with Gasteiger partial charge in [0.15, 0.2) is 0 Å². The second-order valence-corrected chi connectivity index (χ2v) is 6.16. The van der Waals surface area contributed by atoms with Crippen LogP contribution in [0.15, 0.2) is 48.6 Å². The van der Waals surface area contributed by atoms with Crippen LogP contribution in [0.1, 0.15) is 37.5 Å². The van der Waals surface area contributed by atoms with Gasteiger partial charge in [0.1, 0.15) is 23.3 Å². The zero-order chi connectivity index (χ0) is 15.6. The van der Waals surface area contributed by atoms with Crippen LogP contribution >= 0.6 is 11.3 Å². The SMILES string of the molecule is CCCCCC=CCOc1ccc(-c2ccc(C#N)s2)cc1. The van der Waals surface area contributed by atoms with E-state index in [2.05, 4.69) is 25.1 Å². The van der Waals surface area contributed by atoms with Gasteiger partial charge in [-0.25, -0.2) is 0 Å². The maximum absolute atomic E-state index is 8.86. The molecule has 0 atom stereocenters. The number of hydrogen-bond acceptors (Lipinski definition) is 3. The molecule has 0 aliphatic heterocycles. The molecule has 2 aromatic rings. The van der Waals surface area contributed by atoms with Crippen LogP contribution in [-0.2, 0) is 0 Å². The predicted octanol–water partition coefficient (Wildman–Crippen LogP) is 5.80. The van der Waals surface area contributed by atoms with Crippen molar-refractivity contribution in [3.8, 4) is 22.3 Å². The van der Waals surface area contributed by atoms with Gasteiger partial charge in [0, 0.05) is 4.88 Å². The summed E-state index contributed by atoms with van der Waals surface area (Å²) in [7, 11) is 0. The van der Waals surface area contributed by atoms with Gasteiger partial charge < -0.3 is 4.74 Å². The summed E-state index contributed by atoms with van der Waals surface area (Å²) in [6, 6.07) is 14.0. The fourth-order valence-electron chi connectivity index (χ4n) is 2.11. The number of nitrogens with zero attached hydrogens (tertiary/aromatic N) is 1. The second-order valence-electron chi connectivity index (χ2n) is 5.08. The number of ether oxygens (including phenoxy) is 1. The molecule has 0 unspecified atom stereocenters. The molecule has 0 aliphatic rings. The standard InChI is InChI=1S/C19H21NOS/c1-2-3-4-5-6-7-14-21-17-10-8-16(9-11-17)19-13-12-18(15-20)22-19/h6-13H,2-5,14H2,1H3. The third-order valence-electron chi connectivity index (χ3n) is 3.34. The lowest BCUT2D eigenvalue weighted by Gasteiger charge is -2.04. The first-order chi connectivity index (χ1) is 10.8. The Morgan fingerprint density at radius 1 is 1.09 bits per heavy atom.